The number of ether oxygens (including phenoxy) is 1. The van der Waals surface area contributed by atoms with Crippen molar-refractivity contribution < 1.29 is 14.8 Å². The normalized spacial score (nSPS) is 10.2. The van der Waals surface area contributed by atoms with Gasteiger partial charge in [-0.25, -0.2) is 4.98 Å². The molecule has 1 aromatic carbocycles. The average molecular weight is 260 g/mol. The van der Waals surface area contributed by atoms with Gasteiger partial charge in [0.1, 0.15) is 17.7 Å². The predicted octanol–water partition coefficient (Wildman–Crippen LogP) is 3.10. The van der Waals surface area contributed by atoms with Gasteiger partial charge in [0.2, 0.25) is 5.88 Å². The largest absolute Gasteiger partial charge is 0.508 e. The number of phenols is 1. The number of benzene rings is 1. The Labute approximate surface area is 109 Å². The standard InChI is InChI=1S/C13H12N2O4/c1-8-6-10(15(17)18)7-14-13(8)19-12-5-3-4-11(16)9(12)2/h3-7,16H,1-2H3. The first-order valence-electron chi connectivity index (χ1n) is 5.56. The predicted molar refractivity (Wildman–Crippen MR) is 68.5 cm³/mol. The van der Waals surface area contributed by atoms with Gasteiger partial charge in [-0.05, 0) is 26.0 Å². The van der Waals surface area contributed by atoms with E-state index < -0.39 is 4.92 Å². The lowest BCUT2D eigenvalue weighted by atomic mass is 10.2. The fourth-order valence-corrected chi connectivity index (χ4v) is 1.57. The van der Waals surface area contributed by atoms with Gasteiger partial charge in [0.25, 0.3) is 5.69 Å². The molecule has 0 amide bonds. The van der Waals surface area contributed by atoms with Crippen LogP contribution in [0.3, 0.4) is 0 Å². The van der Waals surface area contributed by atoms with E-state index in [9.17, 15) is 15.2 Å². The zero-order valence-corrected chi connectivity index (χ0v) is 10.5. The molecule has 0 atom stereocenters. The number of hydrogen-bond donors (Lipinski definition) is 1. The van der Waals surface area contributed by atoms with E-state index in [0.717, 1.165) is 6.20 Å². The maximum absolute atomic E-state index is 10.6. The van der Waals surface area contributed by atoms with Gasteiger partial charge < -0.3 is 9.84 Å². The average Bonchev–Trinajstić information content (AvgIpc) is 2.37. The van der Waals surface area contributed by atoms with Crippen LogP contribution in [-0.2, 0) is 0 Å². The summed E-state index contributed by atoms with van der Waals surface area (Å²) in [4.78, 5) is 14.0. The van der Waals surface area contributed by atoms with Gasteiger partial charge in [-0.15, -0.1) is 0 Å². The van der Waals surface area contributed by atoms with Crippen LogP contribution in [0, 0.1) is 24.0 Å². The molecule has 1 N–H and O–H groups in total. The van der Waals surface area contributed by atoms with Crippen molar-refractivity contribution in [2.45, 2.75) is 13.8 Å². The fourth-order valence-electron chi connectivity index (χ4n) is 1.57. The molecule has 0 saturated heterocycles. The Hall–Kier alpha value is -2.63. The summed E-state index contributed by atoms with van der Waals surface area (Å²) >= 11 is 0. The SMILES string of the molecule is Cc1cc([N+](=O)[O-])cnc1Oc1cccc(O)c1C. The van der Waals surface area contributed by atoms with E-state index in [1.54, 1.807) is 32.0 Å². The number of rotatable bonds is 3. The van der Waals surface area contributed by atoms with Crippen molar-refractivity contribution in [3.63, 3.8) is 0 Å². The Balaban J connectivity index is 2.34. The Morgan fingerprint density at radius 1 is 1.37 bits per heavy atom. The summed E-state index contributed by atoms with van der Waals surface area (Å²) in [5.74, 6) is 0.862. The van der Waals surface area contributed by atoms with Crippen LogP contribution in [0.2, 0.25) is 0 Å². The smallest absolute Gasteiger partial charge is 0.288 e. The highest BCUT2D eigenvalue weighted by Gasteiger charge is 2.12. The highest BCUT2D eigenvalue weighted by Crippen LogP contribution is 2.31. The molecule has 0 bridgehead atoms. The lowest BCUT2D eigenvalue weighted by molar-refractivity contribution is -0.385. The zero-order chi connectivity index (χ0) is 14.0. The molecule has 1 aromatic heterocycles. The van der Waals surface area contributed by atoms with Gasteiger partial charge in [-0.1, -0.05) is 6.07 Å². The van der Waals surface area contributed by atoms with Crippen LogP contribution in [-0.4, -0.2) is 15.0 Å². The maximum atomic E-state index is 10.6. The number of pyridine rings is 1. The first-order chi connectivity index (χ1) is 8.99. The third-order valence-electron chi connectivity index (χ3n) is 2.69. The third kappa shape index (κ3) is 2.62. The van der Waals surface area contributed by atoms with Crippen molar-refractivity contribution in [2.75, 3.05) is 0 Å². The molecule has 0 aliphatic heterocycles. The zero-order valence-electron chi connectivity index (χ0n) is 10.5. The molecule has 1 heterocycles. The number of nitrogens with zero attached hydrogens (tertiary/aromatic N) is 2. The van der Waals surface area contributed by atoms with Gasteiger partial charge in [0.05, 0.1) is 4.92 Å². The van der Waals surface area contributed by atoms with Gasteiger partial charge >= 0.3 is 0 Å². The Kier molecular flexibility index (Phi) is 3.33. The van der Waals surface area contributed by atoms with E-state index >= 15 is 0 Å². The molecule has 0 aliphatic rings. The van der Waals surface area contributed by atoms with Crippen LogP contribution < -0.4 is 4.74 Å². The summed E-state index contributed by atoms with van der Waals surface area (Å²) in [7, 11) is 0. The molecule has 2 rings (SSSR count). The Morgan fingerprint density at radius 3 is 2.74 bits per heavy atom. The summed E-state index contributed by atoms with van der Waals surface area (Å²) in [5, 5.41) is 20.2. The molecule has 0 radical (unpaired) electrons. The highest BCUT2D eigenvalue weighted by molar-refractivity contribution is 5.45. The van der Waals surface area contributed by atoms with Crippen LogP contribution in [0.25, 0.3) is 0 Å². The molecule has 0 saturated carbocycles. The number of aromatic hydroxyl groups is 1. The molecular formula is C13H12N2O4. The highest BCUT2D eigenvalue weighted by atomic mass is 16.6. The monoisotopic (exact) mass is 260 g/mol. The van der Waals surface area contributed by atoms with Gasteiger partial charge in [0, 0.05) is 17.2 Å². The molecule has 0 spiro atoms. The van der Waals surface area contributed by atoms with Crippen LogP contribution in [0.1, 0.15) is 11.1 Å². The van der Waals surface area contributed by atoms with Crippen molar-refractivity contribution in [3.8, 4) is 17.4 Å². The summed E-state index contributed by atoms with van der Waals surface area (Å²) in [6.07, 6.45) is 1.14. The summed E-state index contributed by atoms with van der Waals surface area (Å²) in [5.41, 5.74) is 1.05. The molecule has 98 valence electrons. The number of aryl methyl sites for hydroxylation is 1. The van der Waals surface area contributed by atoms with E-state index in [0.29, 0.717) is 16.9 Å². The Morgan fingerprint density at radius 2 is 2.11 bits per heavy atom. The molecule has 6 nitrogen and oxygen atoms in total. The number of nitro groups is 1. The van der Waals surface area contributed by atoms with E-state index in [-0.39, 0.29) is 17.3 Å². The fraction of sp³-hybridized carbons (Fsp3) is 0.154. The molecule has 2 aromatic rings. The van der Waals surface area contributed by atoms with Crippen molar-refractivity contribution >= 4 is 5.69 Å². The Bertz CT molecular complexity index is 641. The minimum atomic E-state index is -0.511. The number of hydrogen-bond acceptors (Lipinski definition) is 5. The molecule has 0 unspecified atom stereocenters. The second kappa shape index (κ2) is 4.93. The molecule has 0 aliphatic carbocycles. The first kappa shape index (κ1) is 12.8. The van der Waals surface area contributed by atoms with Crippen molar-refractivity contribution in [2.24, 2.45) is 0 Å². The molecule has 19 heavy (non-hydrogen) atoms. The summed E-state index contributed by atoms with van der Waals surface area (Å²) < 4.78 is 5.56. The van der Waals surface area contributed by atoms with Crippen LogP contribution >= 0.6 is 0 Å². The minimum Gasteiger partial charge on any atom is -0.508 e. The molecule has 0 fully saturated rings. The lowest BCUT2D eigenvalue weighted by Crippen LogP contribution is -1.96. The molecule has 6 heteroatoms. The van der Waals surface area contributed by atoms with Crippen LogP contribution in [0.15, 0.2) is 30.5 Å². The minimum absolute atomic E-state index is 0.0857. The van der Waals surface area contributed by atoms with E-state index in [4.69, 9.17) is 4.74 Å². The lowest BCUT2D eigenvalue weighted by Gasteiger charge is -2.10. The van der Waals surface area contributed by atoms with E-state index in [1.165, 1.54) is 6.07 Å². The van der Waals surface area contributed by atoms with E-state index in [1.807, 2.05) is 0 Å². The van der Waals surface area contributed by atoms with Gasteiger partial charge in [0.15, 0.2) is 0 Å². The van der Waals surface area contributed by atoms with Gasteiger partial charge in [-0.2, -0.15) is 0 Å². The number of aromatic nitrogens is 1. The molecular weight excluding hydrogens is 248 g/mol. The topological polar surface area (TPSA) is 85.5 Å². The summed E-state index contributed by atoms with van der Waals surface area (Å²) in [6.45, 7) is 3.39. The van der Waals surface area contributed by atoms with Gasteiger partial charge in [-0.3, -0.25) is 10.1 Å². The number of phenolic OH excluding ortho intramolecular Hbond substituents is 1. The summed E-state index contributed by atoms with van der Waals surface area (Å²) in [6, 6.07) is 6.29. The van der Waals surface area contributed by atoms with Crippen molar-refractivity contribution in [3.05, 3.63) is 51.7 Å². The third-order valence-corrected chi connectivity index (χ3v) is 2.69. The van der Waals surface area contributed by atoms with Crippen LogP contribution in [0.4, 0.5) is 5.69 Å². The first-order valence-corrected chi connectivity index (χ1v) is 5.56. The van der Waals surface area contributed by atoms with E-state index in [2.05, 4.69) is 4.98 Å². The van der Waals surface area contributed by atoms with Crippen LogP contribution in [0.5, 0.6) is 17.4 Å². The maximum Gasteiger partial charge on any atom is 0.288 e. The second-order valence-corrected chi connectivity index (χ2v) is 4.08. The quantitative estimate of drug-likeness (QED) is 0.677. The van der Waals surface area contributed by atoms with Crippen molar-refractivity contribution in [1.29, 1.82) is 0 Å². The van der Waals surface area contributed by atoms with Crippen molar-refractivity contribution in [1.82, 2.24) is 4.98 Å². The second-order valence-electron chi connectivity index (χ2n) is 4.08.